The zero-order valence-electron chi connectivity index (χ0n) is 6.15. The van der Waals surface area contributed by atoms with Crippen LogP contribution in [0, 0.1) is 0 Å². The maximum absolute atomic E-state index is 8.17. The Morgan fingerprint density at radius 3 is 2.82 bits per heavy atom. The van der Waals surface area contributed by atoms with Crippen molar-refractivity contribution in [3.8, 4) is 0 Å². The Hall–Kier alpha value is -1.67. The number of azide groups is 1. The third-order valence-corrected chi connectivity index (χ3v) is 1.33. The fraction of sp³-hybridized carbons (Fsp3) is 0.143. The lowest BCUT2D eigenvalue weighted by molar-refractivity contribution is 1.43. The maximum atomic E-state index is 8.17. The van der Waals surface area contributed by atoms with Crippen molar-refractivity contribution in [3.63, 3.8) is 0 Å². The highest BCUT2D eigenvalue weighted by Crippen LogP contribution is 2.23. The summed E-state index contributed by atoms with van der Waals surface area (Å²) in [5.74, 6) is 0. The van der Waals surface area contributed by atoms with Gasteiger partial charge in [0.2, 0.25) is 0 Å². The summed E-state index contributed by atoms with van der Waals surface area (Å²) in [4.78, 5) is 2.70. The Morgan fingerprint density at radius 1 is 1.45 bits per heavy atom. The van der Waals surface area contributed by atoms with Gasteiger partial charge >= 0.3 is 0 Å². The first-order chi connectivity index (χ1) is 5.38. The summed E-state index contributed by atoms with van der Waals surface area (Å²) < 4.78 is 0. The van der Waals surface area contributed by atoms with E-state index < -0.39 is 0 Å². The molecule has 0 atom stereocenters. The number of anilines is 1. The molecular weight excluding hydrogens is 140 g/mol. The van der Waals surface area contributed by atoms with Crippen LogP contribution in [0.2, 0.25) is 0 Å². The minimum absolute atomic E-state index is 0.623. The third-order valence-electron chi connectivity index (χ3n) is 1.33. The number of para-hydroxylation sites is 1. The summed E-state index contributed by atoms with van der Waals surface area (Å²) in [6.07, 6.45) is 0. The smallest absolute Gasteiger partial charge is 0.0606 e. The van der Waals surface area contributed by atoms with E-state index in [1.165, 1.54) is 0 Å². The van der Waals surface area contributed by atoms with E-state index in [1.54, 1.807) is 13.1 Å². The van der Waals surface area contributed by atoms with Crippen molar-refractivity contribution in [1.29, 1.82) is 0 Å². The Kier molecular flexibility index (Phi) is 2.36. The molecule has 0 aromatic heterocycles. The highest BCUT2D eigenvalue weighted by Gasteiger charge is 1.93. The van der Waals surface area contributed by atoms with Crippen LogP contribution in [0.4, 0.5) is 11.4 Å². The summed E-state index contributed by atoms with van der Waals surface area (Å²) in [5, 5.41) is 6.41. The van der Waals surface area contributed by atoms with E-state index in [4.69, 9.17) is 5.53 Å². The van der Waals surface area contributed by atoms with Crippen molar-refractivity contribution in [2.75, 3.05) is 12.4 Å². The van der Waals surface area contributed by atoms with E-state index >= 15 is 0 Å². The van der Waals surface area contributed by atoms with Crippen molar-refractivity contribution in [2.45, 2.75) is 0 Å². The average Bonchev–Trinajstić information content (AvgIpc) is 2.06. The second-order valence-electron chi connectivity index (χ2n) is 1.96. The molecule has 1 aromatic rings. The van der Waals surface area contributed by atoms with E-state index in [0.29, 0.717) is 5.69 Å². The fourth-order valence-corrected chi connectivity index (χ4v) is 0.820. The molecule has 0 aliphatic rings. The van der Waals surface area contributed by atoms with Gasteiger partial charge in [-0.1, -0.05) is 23.3 Å². The number of hydrogen-bond acceptors (Lipinski definition) is 2. The van der Waals surface area contributed by atoms with Crippen molar-refractivity contribution >= 4 is 11.4 Å². The summed E-state index contributed by atoms with van der Waals surface area (Å²) in [7, 11) is 1.78. The molecule has 0 unspecified atom stereocenters. The standard InChI is InChI=1S/C7H8N4/c1-9-6-4-2-3-5-7(6)10-11-8/h2-5,9H,1H3. The van der Waals surface area contributed by atoms with Crippen molar-refractivity contribution in [2.24, 2.45) is 5.11 Å². The number of rotatable bonds is 2. The monoisotopic (exact) mass is 148 g/mol. The Balaban J connectivity index is 3.11. The topological polar surface area (TPSA) is 60.8 Å². The molecule has 1 N–H and O–H groups in total. The first-order valence-corrected chi connectivity index (χ1v) is 3.20. The second kappa shape index (κ2) is 3.49. The van der Waals surface area contributed by atoms with Crippen LogP contribution in [0.1, 0.15) is 0 Å². The molecule has 0 saturated carbocycles. The lowest BCUT2D eigenvalue weighted by Gasteiger charge is -2.01. The third kappa shape index (κ3) is 1.63. The zero-order chi connectivity index (χ0) is 8.10. The second-order valence-corrected chi connectivity index (χ2v) is 1.96. The molecule has 0 aliphatic carbocycles. The van der Waals surface area contributed by atoms with Gasteiger partial charge in [-0.15, -0.1) is 0 Å². The van der Waals surface area contributed by atoms with E-state index in [1.807, 2.05) is 18.2 Å². The van der Waals surface area contributed by atoms with Gasteiger partial charge in [0.05, 0.1) is 5.69 Å². The van der Waals surface area contributed by atoms with Crippen LogP contribution < -0.4 is 5.32 Å². The lowest BCUT2D eigenvalue weighted by atomic mass is 10.3. The summed E-state index contributed by atoms with van der Waals surface area (Å²) in [6.45, 7) is 0. The highest BCUT2D eigenvalue weighted by molar-refractivity contribution is 5.64. The van der Waals surface area contributed by atoms with Gasteiger partial charge in [0.15, 0.2) is 0 Å². The van der Waals surface area contributed by atoms with Crippen molar-refractivity contribution in [1.82, 2.24) is 0 Å². The minimum atomic E-state index is 0.623. The Morgan fingerprint density at radius 2 is 2.18 bits per heavy atom. The van der Waals surface area contributed by atoms with Gasteiger partial charge in [-0.2, -0.15) is 0 Å². The molecule has 0 heterocycles. The number of nitrogens with one attached hydrogen (secondary N) is 1. The first-order valence-electron chi connectivity index (χ1n) is 3.20. The molecule has 0 spiro atoms. The molecule has 1 aromatic carbocycles. The quantitative estimate of drug-likeness (QED) is 0.391. The molecule has 0 amide bonds. The number of benzene rings is 1. The van der Waals surface area contributed by atoms with Crippen LogP contribution in [0.25, 0.3) is 10.4 Å². The molecule has 1 rings (SSSR count). The van der Waals surface area contributed by atoms with E-state index in [9.17, 15) is 0 Å². The predicted octanol–water partition coefficient (Wildman–Crippen LogP) is 2.67. The molecule has 0 bridgehead atoms. The molecule has 0 radical (unpaired) electrons. The molecular formula is C7H8N4. The largest absolute Gasteiger partial charge is 0.388 e. The van der Waals surface area contributed by atoms with E-state index in [-0.39, 0.29) is 0 Å². The number of nitrogens with zero attached hydrogens (tertiary/aromatic N) is 3. The van der Waals surface area contributed by atoms with Crippen molar-refractivity contribution < 1.29 is 0 Å². The predicted molar refractivity (Wildman–Crippen MR) is 44.8 cm³/mol. The summed E-state index contributed by atoms with van der Waals surface area (Å²) >= 11 is 0. The van der Waals surface area contributed by atoms with Gasteiger partial charge in [-0.3, -0.25) is 0 Å². The highest BCUT2D eigenvalue weighted by atomic mass is 15.1. The van der Waals surface area contributed by atoms with Gasteiger partial charge in [-0.05, 0) is 11.6 Å². The Bertz CT molecular complexity index is 288. The van der Waals surface area contributed by atoms with Crippen LogP contribution in [0.15, 0.2) is 29.4 Å². The first kappa shape index (κ1) is 7.44. The SMILES string of the molecule is CNc1ccccc1N=[N+]=[N-]. The van der Waals surface area contributed by atoms with E-state index in [0.717, 1.165) is 5.69 Å². The van der Waals surface area contributed by atoms with Crippen LogP contribution in [0.3, 0.4) is 0 Å². The Labute approximate surface area is 64.5 Å². The molecule has 11 heavy (non-hydrogen) atoms. The van der Waals surface area contributed by atoms with Crippen LogP contribution in [-0.4, -0.2) is 7.05 Å². The van der Waals surface area contributed by atoms with Crippen molar-refractivity contribution in [3.05, 3.63) is 34.7 Å². The maximum Gasteiger partial charge on any atom is 0.0606 e. The fourth-order valence-electron chi connectivity index (χ4n) is 0.820. The minimum Gasteiger partial charge on any atom is -0.388 e. The lowest BCUT2D eigenvalue weighted by Crippen LogP contribution is -1.86. The van der Waals surface area contributed by atoms with E-state index in [2.05, 4.69) is 15.3 Å². The van der Waals surface area contributed by atoms with Gasteiger partial charge < -0.3 is 5.32 Å². The number of hydrogen-bond donors (Lipinski definition) is 1. The summed E-state index contributed by atoms with van der Waals surface area (Å²) in [6, 6.07) is 7.31. The average molecular weight is 148 g/mol. The van der Waals surface area contributed by atoms with Gasteiger partial charge in [0, 0.05) is 17.6 Å². The molecule has 0 aliphatic heterocycles. The van der Waals surface area contributed by atoms with Gasteiger partial charge in [0.1, 0.15) is 0 Å². The normalized spacial score (nSPS) is 8.45. The summed E-state index contributed by atoms with van der Waals surface area (Å²) in [5.41, 5.74) is 9.63. The van der Waals surface area contributed by atoms with Gasteiger partial charge in [-0.25, -0.2) is 0 Å². The molecule has 4 heteroatoms. The molecule has 0 saturated heterocycles. The molecule has 4 nitrogen and oxygen atoms in total. The molecule has 56 valence electrons. The molecule has 0 fully saturated rings. The van der Waals surface area contributed by atoms with Crippen LogP contribution >= 0.6 is 0 Å². The van der Waals surface area contributed by atoms with Gasteiger partial charge in [0.25, 0.3) is 0 Å². The van der Waals surface area contributed by atoms with Crippen LogP contribution in [-0.2, 0) is 0 Å². The van der Waals surface area contributed by atoms with Crippen LogP contribution in [0.5, 0.6) is 0 Å². The zero-order valence-corrected chi connectivity index (χ0v) is 6.15.